The molecule has 72 heavy (non-hydrogen) atoms. The number of hydrogen-bond donors (Lipinski definition) is 4. The van der Waals surface area contributed by atoms with Gasteiger partial charge in [-0.2, -0.15) is 0 Å². The number of likely N-dealkylation sites (N-methyl/N-ethyl adjacent to an activating group) is 4. The Morgan fingerprint density at radius 1 is 0.708 bits per heavy atom. The molecule has 2 rings (SSSR count). The van der Waals surface area contributed by atoms with Gasteiger partial charge in [0.25, 0.3) is 5.91 Å². The lowest BCUT2D eigenvalue weighted by atomic mass is 9.82. The lowest BCUT2D eigenvalue weighted by Crippen LogP contribution is -2.60. The minimum atomic E-state index is -1.79. The summed E-state index contributed by atoms with van der Waals surface area (Å²) in [7, 11) is 7.10. The molecule has 1 aromatic carbocycles. The third kappa shape index (κ3) is 16.2. The normalized spacial score (nSPS) is 26.5. The van der Waals surface area contributed by atoms with E-state index >= 15 is 0 Å². The van der Waals surface area contributed by atoms with Gasteiger partial charge in [0.15, 0.2) is 11.9 Å². The number of methoxy groups -OCH3 is 1. The quantitative estimate of drug-likeness (QED) is 0.195. The van der Waals surface area contributed by atoms with Crippen LogP contribution in [0, 0.1) is 29.1 Å². The number of carbonyl (C=O) groups excluding carboxylic acids is 10. The number of benzene rings is 1. The van der Waals surface area contributed by atoms with Gasteiger partial charge < -0.3 is 50.3 Å². The Morgan fingerprint density at radius 2 is 1.26 bits per heavy atom. The van der Waals surface area contributed by atoms with Crippen molar-refractivity contribution in [2.24, 2.45) is 29.1 Å². The molecule has 1 aromatic rings. The van der Waals surface area contributed by atoms with Gasteiger partial charge in [0.2, 0.25) is 41.4 Å². The standard InChI is InChI=1S/C52H84N8O12/c1-18-20-37-32(8)50(69)72-43(31(7)19-2)48(67)54-27-40(61)58(14)38(25-29(3)4)46(65)53-28-41(62)60(16)42(30(5)6)49(68)59(15)39(26-35-21-23-36(71-17)24-22-35)47(66)55-33(9)44(63)52(11,12)51(70)57(13)34(10)45(64)56-37/h21-24,29-34,37-39,42-43H,18-20,25-28H2,1-17H3,(H,53,65)(H,54,67)(H,55,66)(H,56,64)/t31-,32-,33?,34-,37+,38?,39-,42-,43-/m0/s1. The number of ketones is 1. The fourth-order valence-electron chi connectivity index (χ4n) is 8.58. The molecule has 0 aromatic heterocycles. The van der Waals surface area contributed by atoms with Crippen LogP contribution in [0.15, 0.2) is 24.3 Å². The molecule has 0 saturated carbocycles. The first-order chi connectivity index (χ1) is 33.5. The number of ether oxygens (including phenoxy) is 2. The zero-order chi connectivity index (χ0) is 55.1. The Balaban J connectivity index is 2.74. The van der Waals surface area contributed by atoms with E-state index in [0.29, 0.717) is 30.6 Å². The summed E-state index contributed by atoms with van der Waals surface area (Å²) in [6.45, 7) is 18.6. The number of amides is 8. The van der Waals surface area contributed by atoms with Crippen LogP contribution in [0.4, 0.5) is 0 Å². The van der Waals surface area contributed by atoms with Gasteiger partial charge in [-0.15, -0.1) is 0 Å². The molecule has 1 heterocycles. The van der Waals surface area contributed by atoms with Gasteiger partial charge in [0, 0.05) is 46.6 Å². The molecule has 0 aliphatic carbocycles. The fourth-order valence-corrected chi connectivity index (χ4v) is 8.58. The predicted molar refractivity (Wildman–Crippen MR) is 271 cm³/mol. The largest absolute Gasteiger partial charge is 0.497 e. The molecule has 8 amide bonds. The highest BCUT2D eigenvalue weighted by Gasteiger charge is 2.45. The minimum Gasteiger partial charge on any atom is -0.497 e. The van der Waals surface area contributed by atoms with E-state index in [4.69, 9.17) is 9.47 Å². The zero-order valence-corrected chi connectivity index (χ0v) is 45.8. The van der Waals surface area contributed by atoms with E-state index in [0.717, 1.165) is 4.90 Å². The molecule has 1 aliphatic heterocycles. The maximum absolute atomic E-state index is 14.6. The van der Waals surface area contributed by atoms with Crippen LogP contribution in [0.5, 0.6) is 5.75 Å². The summed E-state index contributed by atoms with van der Waals surface area (Å²) >= 11 is 0. The number of hydrogen-bond acceptors (Lipinski definition) is 12. The van der Waals surface area contributed by atoms with Crippen molar-refractivity contribution in [3.8, 4) is 5.75 Å². The van der Waals surface area contributed by atoms with E-state index in [9.17, 15) is 47.9 Å². The average molecular weight is 1010 g/mol. The first-order valence-electron chi connectivity index (χ1n) is 25.1. The van der Waals surface area contributed by atoms with Crippen molar-refractivity contribution in [2.75, 3.05) is 48.4 Å². The summed E-state index contributed by atoms with van der Waals surface area (Å²) in [5.41, 5.74) is -1.15. The maximum atomic E-state index is 14.6. The van der Waals surface area contributed by atoms with Gasteiger partial charge in [-0.1, -0.05) is 67.0 Å². The first-order valence-corrected chi connectivity index (χ1v) is 25.1. The second-order valence-electron chi connectivity index (χ2n) is 20.5. The van der Waals surface area contributed by atoms with Crippen molar-refractivity contribution in [3.63, 3.8) is 0 Å². The zero-order valence-electron chi connectivity index (χ0n) is 45.8. The number of nitrogens with zero attached hydrogens (tertiary/aromatic N) is 4. The third-order valence-electron chi connectivity index (χ3n) is 13.8. The number of cyclic esters (lactones) is 1. The van der Waals surface area contributed by atoms with E-state index in [1.165, 1.54) is 77.7 Å². The van der Waals surface area contributed by atoms with Gasteiger partial charge in [-0.05, 0) is 83.4 Å². The highest BCUT2D eigenvalue weighted by Crippen LogP contribution is 2.25. The topological polar surface area (TPSA) is 250 Å². The number of nitrogens with one attached hydrogen (secondary N) is 4. The van der Waals surface area contributed by atoms with Crippen LogP contribution in [0.25, 0.3) is 0 Å². The average Bonchev–Trinajstić information content (AvgIpc) is 3.34. The molecule has 1 aliphatic rings. The first kappa shape index (κ1) is 62.0. The molecule has 404 valence electrons. The van der Waals surface area contributed by atoms with Crippen molar-refractivity contribution in [2.45, 2.75) is 158 Å². The number of rotatable bonds is 10. The van der Waals surface area contributed by atoms with Crippen LogP contribution >= 0.6 is 0 Å². The van der Waals surface area contributed by atoms with Crippen LogP contribution < -0.4 is 26.0 Å². The monoisotopic (exact) mass is 1010 g/mol. The van der Waals surface area contributed by atoms with Crippen molar-refractivity contribution in [3.05, 3.63) is 29.8 Å². The maximum Gasteiger partial charge on any atom is 0.311 e. The second kappa shape index (κ2) is 27.7. The van der Waals surface area contributed by atoms with E-state index in [2.05, 4.69) is 21.3 Å². The molecule has 1 saturated heterocycles. The van der Waals surface area contributed by atoms with Gasteiger partial charge in [-0.3, -0.25) is 47.9 Å². The molecule has 0 radical (unpaired) electrons. The van der Waals surface area contributed by atoms with Crippen molar-refractivity contribution < 1.29 is 57.4 Å². The van der Waals surface area contributed by atoms with Crippen LogP contribution in [-0.2, 0) is 59.1 Å². The van der Waals surface area contributed by atoms with E-state index in [1.54, 1.807) is 58.9 Å². The summed E-state index contributed by atoms with van der Waals surface area (Å²) in [5, 5.41) is 10.8. The fraction of sp³-hybridized carbons (Fsp3) is 0.692. The molecule has 0 spiro atoms. The van der Waals surface area contributed by atoms with Crippen LogP contribution in [0.2, 0.25) is 0 Å². The van der Waals surface area contributed by atoms with Crippen LogP contribution in [0.1, 0.15) is 114 Å². The van der Waals surface area contributed by atoms with E-state index in [-0.39, 0.29) is 18.8 Å². The van der Waals surface area contributed by atoms with Gasteiger partial charge in [-0.25, -0.2) is 0 Å². The molecule has 20 heteroatoms. The Hall–Kier alpha value is -6.08. The van der Waals surface area contributed by atoms with E-state index in [1.807, 2.05) is 20.8 Å². The highest BCUT2D eigenvalue weighted by molar-refractivity contribution is 6.09. The number of esters is 1. The smallest absolute Gasteiger partial charge is 0.311 e. The SMILES string of the molecule is CCC[C@H]1NC(=O)[C@H](C)N(C)C(=O)C(C)(C)C(=O)C(C)NC(=O)[C@H](Cc2ccc(OC)cc2)N(C)C(=O)[C@H](C(C)C)N(C)C(=O)CNC(=O)C(CC(C)C)N(C)C(=O)CNC(=O)[C@H]([C@@H](C)CC)OC(=O)[C@H]1C. The van der Waals surface area contributed by atoms with E-state index < -0.39 is 138 Å². The molecular weight excluding hydrogens is 929 g/mol. The molecular formula is C52H84N8O12. The predicted octanol–water partition coefficient (Wildman–Crippen LogP) is 2.49. The van der Waals surface area contributed by atoms with Crippen LogP contribution in [0.3, 0.4) is 0 Å². The summed E-state index contributed by atoms with van der Waals surface area (Å²) in [6.07, 6.45) is 0.111. The highest BCUT2D eigenvalue weighted by atomic mass is 16.5. The second-order valence-corrected chi connectivity index (χ2v) is 20.5. The Bertz CT molecular complexity index is 2090. The number of Topliss-reactive ketones (excluding diaryl/α,β-unsaturated/α-hetero) is 1. The van der Waals surface area contributed by atoms with Gasteiger partial charge >= 0.3 is 5.97 Å². The molecule has 0 bridgehead atoms. The van der Waals surface area contributed by atoms with Crippen LogP contribution in [-0.4, -0.2) is 169 Å². The van der Waals surface area contributed by atoms with Gasteiger partial charge in [0.1, 0.15) is 35.3 Å². The minimum absolute atomic E-state index is 0.0316. The summed E-state index contributed by atoms with van der Waals surface area (Å²) in [4.78, 5) is 145. The third-order valence-corrected chi connectivity index (χ3v) is 13.8. The van der Waals surface area contributed by atoms with Crippen molar-refractivity contribution >= 4 is 59.0 Å². The molecule has 20 nitrogen and oxygen atoms in total. The molecule has 2 unspecified atom stereocenters. The van der Waals surface area contributed by atoms with Crippen molar-refractivity contribution in [1.82, 2.24) is 40.9 Å². The Kier molecular flexibility index (Phi) is 23.8. The molecule has 4 N–H and O–H groups in total. The lowest BCUT2D eigenvalue weighted by molar-refractivity contribution is -0.164. The summed E-state index contributed by atoms with van der Waals surface area (Å²) < 4.78 is 11.1. The Morgan fingerprint density at radius 3 is 1.78 bits per heavy atom. The number of carbonyl (C=O) groups is 10. The summed E-state index contributed by atoms with van der Waals surface area (Å²) in [5.74, 6) is -8.37. The van der Waals surface area contributed by atoms with Crippen molar-refractivity contribution in [1.29, 1.82) is 0 Å². The Labute approximate surface area is 426 Å². The molecule has 1 fully saturated rings. The van der Waals surface area contributed by atoms with Gasteiger partial charge in [0.05, 0.1) is 32.2 Å². The lowest BCUT2D eigenvalue weighted by Gasteiger charge is -2.37. The summed E-state index contributed by atoms with van der Waals surface area (Å²) in [6, 6.07) is 0.144. The molecule has 9 atom stereocenters.